The Labute approximate surface area is 169 Å². The third kappa shape index (κ3) is 3.07. The molecule has 1 aromatic carbocycles. The largest absolute Gasteiger partial charge is 0.366 e. The Kier molecular flexibility index (Phi) is 4.33. The van der Waals surface area contributed by atoms with Crippen LogP contribution in [-0.2, 0) is 34.9 Å². The molecule has 0 saturated carbocycles. The monoisotopic (exact) mass is 422 g/mol. The molecule has 2 bridgehead atoms. The first-order valence-electron chi connectivity index (χ1n) is 9.45. The molecule has 1 spiro atoms. The van der Waals surface area contributed by atoms with Gasteiger partial charge in [-0.15, -0.1) is 0 Å². The third-order valence-electron chi connectivity index (χ3n) is 6.02. The summed E-state index contributed by atoms with van der Waals surface area (Å²) in [7, 11) is -1.49. The number of benzene rings is 1. The summed E-state index contributed by atoms with van der Waals surface area (Å²) in [6.45, 7) is 2.91. The Morgan fingerprint density at radius 3 is 2.71 bits per heavy atom. The van der Waals surface area contributed by atoms with Gasteiger partial charge >= 0.3 is 0 Å². The smallest absolute Gasteiger partial charge is 0.220 e. The van der Waals surface area contributed by atoms with Gasteiger partial charge in [-0.2, -0.15) is 9.40 Å². The van der Waals surface area contributed by atoms with Crippen molar-refractivity contribution < 1.29 is 13.2 Å². The van der Waals surface area contributed by atoms with Crippen LogP contribution in [0, 0.1) is 0 Å². The number of sulfonamides is 1. The zero-order valence-corrected chi connectivity index (χ0v) is 17.2. The van der Waals surface area contributed by atoms with Crippen LogP contribution in [0.1, 0.15) is 17.5 Å². The maximum atomic E-state index is 13.2. The van der Waals surface area contributed by atoms with E-state index < -0.39 is 20.9 Å². The summed E-state index contributed by atoms with van der Waals surface area (Å²) in [6.07, 6.45) is 4.42. The molecule has 3 atom stereocenters. The minimum Gasteiger partial charge on any atom is -0.366 e. The van der Waals surface area contributed by atoms with Gasteiger partial charge in [0.2, 0.25) is 10.0 Å². The summed E-state index contributed by atoms with van der Waals surface area (Å²) in [5.74, 6) is 0. The van der Waals surface area contributed by atoms with E-state index in [4.69, 9.17) is 16.3 Å². The Balaban J connectivity index is 1.37. The van der Waals surface area contributed by atoms with Crippen LogP contribution in [0.2, 0.25) is 5.02 Å². The summed E-state index contributed by atoms with van der Waals surface area (Å²) in [5, 5.41) is 4.42. The predicted molar refractivity (Wildman–Crippen MR) is 105 cm³/mol. The molecule has 1 aromatic heterocycles. The zero-order chi connectivity index (χ0) is 19.5. The first-order chi connectivity index (χ1) is 13.3. The van der Waals surface area contributed by atoms with Gasteiger partial charge in [0.25, 0.3) is 0 Å². The highest BCUT2D eigenvalue weighted by Crippen LogP contribution is 2.47. The van der Waals surface area contributed by atoms with Crippen LogP contribution in [0.15, 0.2) is 36.7 Å². The molecule has 28 heavy (non-hydrogen) atoms. The maximum absolute atomic E-state index is 13.2. The van der Waals surface area contributed by atoms with Crippen LogP contribution in [0.5, 0.6) is 0 Å². The second kappa shape index (κ2) is 6.53. The first kappa shape index (κ1) is 18.6. The number of rotatable bonds is 4. The van der Waals surface area contributed by atoms with E-state index in [0.717, 1.165) is 24.2 Å². The van der Waals surface area contributed by atoms with Crippen LogP contribution in [0.4, 0.5) is 0 Å². The van der Waals surface area contributed by atoms with Crippen LogP contribution >= 0.6 is 11.6 Å². The fourth-order valence-electron chi connectivity index (χ4n) is 4.91. The highest BCUT2D eigenvalue weighted by Gasteiger charge is 2.64. The Morgan fingerprint density at radius 2 is 2.00 bits per heavy atom. The minimum absolute atomic E-state index is 0.0251. The van der Waals surface area contributed by atoms with Crippen LogP contribution < -0.4 is 0 Å². The lowest BCUT2D eigenvalue weighted by Gasteiger charge is -2.39. The fourth-order valence-corrected chi connectivity index (χ4v) is 7.33. The molecule has 3 aliphatic rings. The average molecular weight is 423 g/mol. The van der Waals surface area contributed by atoms with Gasteiger partial charge < -0.3 is 4.74 Å². The van der Waals surface area contributed by atoms with Gasteiger partial charge in [-0.05, 0) is 24.1 Å². The van der Waals surface area contributed by atoms with Crippen molar-refractivity contribution in [3.63, 3.8) is 0 Å². The molecule has 4 heterocycles. The number of hydrogen-bond acceptors (Lipinski definition) is 5. The van der Waals surface area contributed by atoms with Crippen molar-refractivity contribution >= 4 is 21.6 Å². The van der Waals surface area contributed by atoms with Crippen molar-refractivity contribution in [2.45, 2.75) is 36.5 Å². The molecule has 0 N–H and O–H groups in total. The number of morpholine rings is 1. The highest BCUT2D eigenvalue weighted by molar-refractivity contribution is 7.90. The summed E-state index contributed by atoms with van der Waals surface area (Å²) < 4.78 is 36.2. The van der Waals surface area contributed by atoms with E-state index in [9.17, 15) is 8.42 Å². The molecule has 150 valence electrons. The van der Waals surface area contributed by atoms with Gasteiger partial charge in [0, 0.05) is 56.6 Å². The molecule has 5 rings (SSSR count). The van der Waals surface area contributed by atoms with E-state index in [0.29, 0.717) is 31.1 Å². The van der Waals surface area contributed by atoms with E-state index in [1.165, 1.54) is 0 Å². The van der Waals surface area contributed by atoms with Crippen molar-refractivity contribution in [2.24, 2.45) is 7.05 Å². The molecule has 3 fully saturated rings. The first-order valence-corrected chi connectivity index (χ1v) is 11.3. The normalized spacial score (nSPS) is 31.9. The van der Waals surface area contributed by atoms with E-state index in [1.54, 1.807) is 21.1 Å². The van der Waals surface area contributed by atoms with Gasteiger partial charge in [-0.25, -0.2) is 8.42 Å². The SMILES string of the molecule is Cn1cc(CN2C[C@H]3C[C@H]4[C@](C2)(CN(Cc2ccc(Cl)cc2)S4(=O)=O)O3)cn1. The van der Waals surface area contributed by atoms with Crippen molar-refractivity contribution in [1.29, 1.82) is 0 Å². The summed E-state index contributed by atoms with van der Waals surface area (Å²) in [6, 6.07) is 7.34. The van der Waals surface area contributed by atoms with Crippen molar-refractivity contribution in [2.75, 3.05) is 19.6 Å². The number of aryl methyl sites for hydroxylation is 1. The second-order valence-electron chi connectivity index (χ2n) is 8.16. The molecular weight excluding hydrogens is 400 g/mol. The number of likely N-dealkylation sites (tertiary alicyclic amines) is 1. The van der Waals surface area contributed by atoms with Gasteiger partial charge in [-0.1, -0.05) is 23.7 Å². The summed E-state index contributed by atoms with van der Waals surface area (Å²) >= 11 is 5.95. The second-order valence-corrected chi connectivity index (χ2v) is 10.7. The van der Waals surface area contributed by atoms with E-state index in [2.05, 4.69) is 10.00 Å². The number of hydrogen-bond donors (Lipinski definition) is 0. The molecule has 0 unspecified atom stereocenters. The Hall–Kier alpha value is -1.45. The average Bonchev–Trinajstić information content (AvgIpc) is 3.21. The lowest BCUT2D eigenvalue weighted by Crippen LogP contribution is -2.54. The molecule has 7 nitrogen and oxygen atoms in total. The summed E-state index contributed by atoms with van der Waals surface area (Å²) in [5.41, 5.74) is 1.43. The Bertz CT molecular complexity index is 993. The van der Waals surface area contributed by atoms with Crippen molar-refractivity contribution in [3.8, 4) is 0 Å². The van der Waals surface area contributed by atoms with Crippen LogP contribution in [-0.4, -0.2) is 64.0 Å². The molecule has 0 aliphatic carbocycles. The number of aromatic nitrogens is 2. The molecular formula is C19H23ClN4O3S. The quantitative estimate of drug-likeness (QED) is 0.749. The summed E-state index contributed by atoms with van der Waals surface area (Å²) in [4.78, 5) is 2.31. The topological polar surface area (TPSA) is 67.7 Å². The number of nitrogens with zero attached hydrogens (tertiary/aromatic N) is 4. The van der Waals surface area contributed by atoms with Gasteiger partial charge in [0.05, 0.1) is 12.3 Å². The molecule has 9 heteroatoms. The van der Waals surface area contributed by atoms with Gasteiger partial charge in [0.15, 0.2) is 0 Å². The van der Waals surface area contributed by atoms with Crippen molar-refractivity contribution in [3.05, 3.63) is 52.8 Å². The van der Waals surface area contributed by atoms with Gasteiger partial charge in [0.1, 0.15) is 10.9 Å². The van der Waals surface area contributed by atoms with E-state index >= 15 is 0 Å². The number of halogens is 1. The van der Waals surface area contributed by atoms with Crippen LogP contribution in [0.25, 0.3) is 0 Å². The van der Waals surface area contributed by atoms with Crippen LogP contribution in [0.3, 0.4) is 0 Å². The lowest BCUT2D eigenvalue weighted by atomic mass is 9.99. The highest BCUT2D eigenvalue weighted by atomic mass is 35.5. The Morgan fingerprint density at radius 1 is 1.21 bits per heavy atom. The van der Waals surface area contributed by atoms with E-state index in [-0.39, 0.29) is 6.10 Å². The molecule has 0 amide bonds. The standard InChI is InChI=1S/C19H23ClN4O3S/c1-22-8-15(7-21-22)9-23-11-17-6-18-19(12-23,27-17)13-24(28(18,25)26)10-14-2-4-16(20)5-3-14/h2-5,7-8,17-18H,6,9-13H2,1H3/t17-,18+,19+/m1/s1. The number of fused-ring (bicyclic) bond motifs is 1. The zero-order valence-electron chi connectivity index (χ0n) is 15.7. The molecule has 3 aliphatic heterocycles. The van der Waals surface area contributed by atoms with E-state index in [1.807, 2.05) is 31.6 Å². The van der Waals surface area contributed by atoms with Crippen molar-refractivity contribution in [1.82, 2.24) is 19.0 Å². The molecule has 3 saturated heterocycles. The lowest BCUT2D eigenvalue weighted by molar-refractivity contribution is -0.110. The minimum atomic E-state index is -3.40. The number of ether oxygens (including phenoxy) is 1. The molecule has 2 aromatic rings. The predicted octanol–water partition coefficient (Wildman–Crippen LogP) is 1.63. The third-order valence-corrected chi connectivity index (χ3v) is 8.59. The van der Waals surface area contributed by atoms with Gasteiger partial charge in [-0.3, -0.25) is 9.58 Å². The molecule has 0 radical (unpaired) electrons. The fraction of sp³-hybridized carbons (Fsp3) is 0.526. The maximum Gasteiger partial charge on any atom is 0.220 e.